The van der Waals surface area contributed by atoms with Crippen LogP contribution in [0.15, 0.2) is 48.5 Å². The van der Waals surface area contributed by atoms with E-state index in [1.54, 1.807) is 12.1 Å². The van der Waals surface area contributed by atoms with Crippen LogP contribution >= 0.6 is 0 Å². The highest BCUT2D eigenvalue weighted by Gasteiger charge is 2.02. The molecule has 0 saturated heterocycles. The molecule has 2 aromatic carbocycles. The summed E-state index contributed by atoms with van der Waals surface area (Å²) in [5.74, 6) is 0. The molecule has 0 aliphatic carbocycles. The predicted molar refractivity (Wildman–Crippen MR) is 90.8 cm³/mol. The number of nitrogens with two attached hydrogens (primary N) is 1. The average Bonchev–Trinajstić information content (AvgIpc) is 2.54. The first-order chi connectivity index (χ1) is 10.6. The maximum atomic E-state index is 10.6. The minimum atomic E-state index is -0.399. The number of nitro groups is 1. The van der Waals surface area contributed by atoms with Gasteiger partial charge >= 0.3 is 0 Å². The molecule has 0 aliphatic rings. The SMILES string of the molecule is CN(CCN)c1ccc(/C=C/c2ccc([N+](=O)[O-])cc2)cc1. The molecule has 5 nitrogen and oxygen atoms in total. The van der Waals surface area contributed by atoms with Gasteiger partial charge in [-0.2, -0.15) is 0 Å². The van der Waals surface area contributed by atoms with E-state index >= 15 is 0 Å². The lowest BCUT2D eigenvalue weighted by Crippen LogP contribution is -2.24. The van der Waals surface area contributed by atoms with E-state index in [0.29, 0.717) is 6.54 Å². The molecule has 0 fully saturated rings. The lowest BCUT2D eigenvalue weighted by molar-refractivity contribution is -0.384. The van der Waals surface area contributed by atoms with Crippen LogP contribution in [0.2, 0.25) is 0 Å². The van der Waals surface area contributed by atoms with E-state index in [9.17, 15) is 10.1 Å². The van der Waals surface area contributed by atoms with Crippen LogP contribution in [0.1, 0.15) is 11.1 Å². The summed E-state index contributed by atoms with van der Waals surface area (Å²) in [5.41, 5.74) is 8.77. The maximum absolute atomic E-state index is 10.6. The summed E-state index contributed by atoms with van der Waals surface area (Å²) in [4.78, 5) is 12.3. The average molecular weight is 297 g/mol. The van der Waals surface area contributed by atoms with Crippen LogP contribution in [0.25, 0.3) is 12.2 Å². The molecule has 0 unspecified atom stereocenters. The number of anilines is 1. The zero-order chi connectivity index (χ0) is 15.9. The molecule has 5 heteroatoms. The highest BCUT2D eigenvalue weighted by molar-refractivity contribution is 5.70. The van der Waals surface area contributed by atoms with Crippen LogP contribution < -0.4 is 10.6 Å². The van der Waals surface area contributed by atoms with Crippen LogP contribution in [-0.4, -0.2) is 25.1 Å². The number of nitrogens with zero attached hydrogens (tertiary/aromatic N) is 2. The first-order valence-electron chi connectivity index (χ1n) is 7.04. The number of hydrogen-bond acceptors (Lipinski definition) is 4. The van der Waals surface area contributed by atoms with Gasteiger partial charge in [-0.15, -0.1) is 0 Å². The molecule has 2 N–H and O–H groups in total. The van der Waals surface area contributed by atoms with Crippen molar-refractivity contribution in [3.05, 3.63) is 69.8 Å². The number of non-ortho nitro benzene ring substituents is 1. The first kappa shape index (κ1) is 15.7. The van der Waals surface area contributed by atoms with Gasteiger partial charge in [0.05, 0.1) is 4.92 Å². The molecule has 0 radical (unpaired) electrons. The molecular formula is C17H19N3O2. The molecular weight excluding hydrogens is 278 g/mol. The van der Waals surface area contributed by atoms with Crippen LogP contribution in [0.4, 0.5) is 11.4 Å². The summed E-state index contributed by atoms with van der Waals surface area (Å²) in [5, 5.41) is 10.6. The second-order valence-electron chi connectivity index (χ2n) is 4.98. The van der Waals surface area contributed by atoms with E-state index < -0.39 is 4.92 Å². The minimum Gasteiger partial charge on any atom is -0.373 e. The van der Waals surface area contributed by atoms with E-state index in [0.717, 1.165) is 23.4 Å². The highest BCUT2D eigenvalue weighted by atomic mass is 16.6. The van der Waals surface area contributed by atoms with Gasteiger partial charge < -0.3 is 10.6 Å². The second kappa shape index (κ2) is 7.38. The molecule has 0 aromatic heterocycles. The molecule has 0 amide bonds. The van der Waals surface area contributed by atoms with E-state index in [-0.39, 0.29) is 5.69 Å². The summed E-state index contributed by atoms with van der Waals surface area (Å²) < 4.78 is 0. The topological polar surface area (TPSA) is 72.4 Å². The fourth-order valence-corrected chi connectivity index (χ4v) is 2.06. The van der Waals surface area contributed by atoms with E-state index in [1.165, 1.54) is 12.1 Å². The Morgan fingerprint density at radius 3 is 2.00 bits per heavy atom. The number of benzene rings is 2. The fourth-order valence-electron chi connectivity index (χ4n) is 2.06. The smallest absolute Gasteiger partial charge is 0.269 e. The van der Waals surface area contributed by atoms with Gasteiger partial charge in [0.25, 0.3) is 5.69 Å². The summed E-state index contributed by atoms with van der Waals surface area (Å²) >= 11 is 0. The number of hydrogen-bond donors (Lipinski definition) is 1. The Morgan fingerprint density at radius 2 is 1.55 bits per heavy atom. The van der Waals surface area contributed by atoms with Gasteiger partial charge in [0, 0.05) is 38.0 Å². The number of rotatable bonds is 6. The first-order valence-corrected chi connectivity index (χ1v) is 7.04. The molecule has 0 bridgehead atoms. The lowest BCUT2D eigenvalue weighted by Gasteiger charge is -2.18. The molecule has 0 spiro atoms. The molecule has 22 heavy (non-hydrogen) atoms. The number of likely N-dealkylation sites (N-methyl/N-ethyl adjacent to an activating group) is 1. The van der Waals surface area contributed by atoms with E-state index in [1.807, 2.05) is 43.5 Å². The Hall–Kier alpha value is -2.66. The van der Waals surface area contributed by atoms with Gasteiger partial charge in [-0.05, 0) is 35.4 Å². The van der Waals surface area contributed by atoms with E-state index in [4.69, 9.17) is 5.73 Å². The Kier molecular flexibility index (Phi) is 5.27. The van der Waals surface area contributed by atoms with Crippen molar-refractivity contribution in [2.45, 2.75) is 0 Å². The molecule has 114 valence electrons. The maximum Gasteiger partial charge on any atom is 0.269 e. The standard InChI is InChI=1S/C17H19N3O2/c1-19(13-12-18)16-8-4-14(5-9-16)2-3-15-6-10-17(11-7-15)20(21)22/h2-11H,12-13,18H2,1H3/b3-2+. The van der Waals surface area contributed by atoms with Crippen molar-refractivity contribution in [1.82, 2.24) is 0 Å². The third-order valence-corrected chi connectivity index (χ3v) is 3.37. The zero-order valence-corrected chi connectivity index (χ0v) is 12.5. The second-order valence-corrected chi connectivity index (χ2v) is 4.98. The monoisotopic (exact) mass is 297 g/mol. The van der Waals surface area contributed by atoms with Crippen LogP contribution in [0.3, 0.4) is 0 Å². The van der Waals surface area contributed by atoms with Gasteiger partial charge in [0.1, 0.15) is 0 Å². The van der Waals surface area contributed by atoms with Crippen molar-refractivity contribution >= 4 is 23.5 Å². The van der Waals surface area contributed by atoms with Crippen molar-refractivity contribution < 1.29 is 4.92 Å². The summed E-state index contributed by atoms with van der Waals surface area (Å²) in [7, 11) is 2.01. The summed E-state index contributed by atoms with van der Waals surface area (Å²) in [6.45, 7) is 1.44. The predicted octanol–water partition coefficient (Wildman–Crippen LogP) is 3.16. The van der Waals surface area contributed by atoms with Crippen LogP contribution in [0.5, 0.6) is 0 Å². The van der Waals surface area contributed by atoms with Crippen molar-refractivity contribution in [2.75, 3.05) is 25.0 Å². The molecule has 0 saturated carbocycles. The lowest BCUT2D eigenvalue weighted by atomic mass is 10.1. The summed E-state index contributed by atoms with van der Waals surface area (Å²) in [6.07, 6.45) is 3.91. The Bertz CT molecular complexity index is 649. The van der Waals surface area contributed by atoms with Gasteiger partial charge in [0.2, 0.25) is 0 Å². The zero-order valence-electron chi connectivity index (χ0n) is 12.5. The largest absolute Gasteiger partial charge is 0.373 e. The molecule has 2 aromatic rings. The Labute approximate surface area is 129 Å². The van der Waals surface area contributed by atoms with Gasteiger partial charge in [-0.1, -0.05) is 24.3 Å². The molecule has 0 heterocycles. The quantitative estimate of drug-likeness (QED) is 0.505. The van der Waals surface area contributed by atoms with Crippen molar-refractivity contribution in [3.8, 4) is 0 Å². The molecule has 0 atom stereocenters. The van der Waals surface area contributed by atoms with Crippen LogP contribution in [0, 0.1) is 10.1 Å². The third kappa shape index (κ3) is 4.17. The number of nitro benzene ring substituents is 1. The Morgan fingerprint density at radius 1 is 1.05 bits per heavy atom. The summed E-state index contributed by atoms with van der Waals surface area (Å²) in [6, 6.07) is 14.6. The highest BCUT2D eigenvalue weighted by Crippen LogP contribution is 2.17. The van der Waals surface area contributed by atoms with Crippen molar-refractivity contribution in [1.29, 1.82) is 0 Å². The van der Waals surface area contributed by atoms with Crippen molar-refractivity contribution in [3.63, 3.8) is 0 Å². The Balaban J connectivity index is 2.05. The van der Waals surface area contributed by atoms with Crippen LogP contribution in [-0.2, 0) is 0 Å². The van der Waals surface area contributed by atoms with Gasteiger partial charge in [0.15, 0.2) is 0 Å². The van der Waals surface area contributed by atoms with Crippen molar-refractivity contribution in [2.24, 2.45) is 5.73 Å². The van der Waals surface area contributed by atoms with Gasteiger partial charge in [-0.25, -0.2) is 0 Å². The van der Waals surface area contributed by atoms with E-state index in [2.05, 4.69) is 4.90 Å². The fraction of sp³-hybridized carbons (Fsp3) is 0.176. The molecule has 2 rings (SSSR count). The minimum absolute atomic E-state index is 0.101. The third-order valence-electron chi connectivity index (χ3n) is 3.37. The molecule has 0 aliphatic heterocycles. The normalized spacial score (nSPS) is 10.8. The van der Waals surface area contributed by atoms with Gasteiger partial charge in [-0.3, -0.25) is 10.1 Å².